The predicted octanol–water partition coefficient (Wildman–Crippen LogP) is 1.28. The summed E-state index contributed by atoms with van der Waals surface area (Å²) >= 11 is 1.08. The lowest BCUT2D eigenvalue weighted by Crippen LogP contribution is -2.40. The minimum Gasteiger partial charge on any atom is -0.465 e. The summed E-state index contributed by atoms with van der Waals surface area (Å²) in [6, 6.07) is 1.47. The van der Waals surface area contributed by atoms with Gasteiger partial charge in [-0.05, 0) is 43.2 Å². The number of sulfonamides is 1. The molecule has 8 heteroatoms. The van der Waals surface area contributed by atoms with Gasteiger partial charge in [0, 0.05) is 13.1 Å². The molecule has 2 heterocycles. The first-order chi connectivity index (χ1) is 10.0. The molecule has 0 radical (unpaired) electrons. The van der Waals surface area contributed by atoms with Gasteiger partial charge in [-0.15, -0.1) is 11.3 Å². The summed E-state index contributed by atoms with van der Waals surface area (Å²) in [7, 11) is -2.41. The standard InChI is InChI=1S/C13H20N2O4S2/c1-19-13(16)12-11(5-8-20-12)21(17,18)15-7-2-3-10(9-15)4-6-14/h5,8,10H,2-4,6-7,9,14H2,1H3. The molecule has 0 spiro atoms. The van der Waals surface area contributed by atoms with Crippen molar-refractivity contribution in [2.45, 2.75) is 24.2 Å². The molecule has 118 valence electrons. The average Bonchev–Trinajstić information content (AvgIpc) is 2.97. The Morgan fingerprint density at radius 1 is 1.57 bits per heavy atom. The number of nitrogens with zero attached hydrogens (tertiary/aromatic N) is 1. The Labute approximate surface area is 128 Å². The van der Waals surface area contributed by atoms with E-state index in [1.807, 2.05) is 0 Å². The molecule has 0 aliphatic carbocycles. The maximum atomic E-state index is 12.7. The van der Waals surface area contributed by atoms with Crippen LogP contribution in [0.2, 0.25) is 0 Å². The van der Waals surface area contributed by atoms with Gasteiger partial charge in [-0.2, -0.15) is 4.31 Å². The minimum atomic E-state index is -3.65. The maximum absolute atomic E-state index is 12.7. The van der Waals surface area contributed by atoms with E-state index in [4.69, 9.17) is 5.73 Å². The summed E-state index contributed by atoms with van der Waals surface area (Å²) < 4.78 is 31.6. The molecule has 1 unspecified atom stereocenters. The smallest absolute Gasteiger partial charge is 0.349 e. The molecule has 0 bridgehead atoms. The van der Waals surface area contributed by atoms with Crippen LogP contribution < -0.4 is 5.73 Å². The fourth-order valence-electron chi connectivity index (χ4n) is 2.60. The van der Waals surface area contributed by atoms with Crippen molar-refractivity contribution in [2.75, 3.05) is 26.7 Å². The average molecular weight is 332 g/mol. The molecular weight excluding hydrogens is 312 g/mol. The molecule has 2 rings (SSSR count). The SMILES string of the molecule is COC(=O)c1sccc1S(=O)(=O)N1CCCC(CCN)C1. The lowest BCUT2D eigenvalue weighted by atomic mass is 9.96. The molecule has 1 atom stereocenters. The van der Waals surface area contributed by atoms with Gasteiger partial charge in [-0.1, -0.05) is 0 Å². The summed E-state index contributed by atoms with van der Waals surface area (Å²) in [5.41, 5.74) is 5.56. The van der Waals surface area contributed by atoms with Crippen molar-refractivity contribution in [2.24, 2.45) is 11.7 Å². The highest BCUT2D eigenvalue weighted by molar-refractivity contribution is 7.89. The first-order valence-electron chi connectivity index (χ1n) is 6.86. The van der Waals surface area contributed by atoms with E-state index in [1.54, 1.807) is 5.38 Å². The fourth-order valence-corrected chi connectivity index (χ4v) is 5.46. The molecular formula is C13H20N2O4S2. The van der Waals surface area contributed by atoms with E-state index in [-0.39, 0.29) is 9.77 Å². The molecule has 1 aliphatic heterocycles. The van der Waals surface area contributed by atoms with E-state index in [9.17, 15) is 13.2 Å². The van der Waals surface area contributed by atoms with Crippen molar-refractivity contribution < 1.29 is 17.9 Å². The largest absolute Gasteiger partial charge is 0.465 e. The normalized spacial score (nSPS) is 20.4. The van der Waals surface area contributed by atoms with Crippen LogP contribution in [0.5, 0.6) is 0 Å². The lowest BCUT2D eigenvalue weighted by Gasteiger charge is -2.31. The summed E-state index contributed by atoms with van der Waals surface area (Å²) in [4.78, 5) is 11.9. The molecule has 1 aliphatic rings. The lowest BCUT2D eigenvalue weighted by molar-refractivity contribution is 0.0602. The van der Waals surface area contributed by atoms with Crippen LogP contribution in [0.1, 0.15) is 28.9 Å². The van der Waals surface area contributed by atoms with Gasteiger partial charge in [0.2, 0.25) is 10.0 Å². The number of esters is 1. The molecule has 1 aromatic rings. The monoisotopic (exact) mass is 332 g/mol. The van der Waals surface area contributed by atoms with Crippen LogP contribution in [0.4, 0.5) is 0 Å². The minimum absolute atomic E-state index is 0.0488. The second-order valence-electron chi connectivity index (χ2n) is 5.05. The van der Waals surface area contributed by atoms with Crippen LogP contribution in [0.15, 0.2) is 16.3 Å². The van der Waals surface area contributed by atoms with Crippen molar-refractivity contribution in [1.29, 1.82) is 0 Å². The third kappa shape index (κ3) is 3.45. The molecule has 1 aromatic heterocycles. The van der Waals surface area contributed by atoms with Gasteiger partial charge in [0.1, 0.15) is 9.77 Å². The molecule has 21 heavy (non-hydrogen) atoms. The van der Waals surface area contributed by atoms with Gasteiger partial charge in [0.25, 0.3) is 0 Å². The van der Waals surface area contributed by atoms with Crippen LogP contribution >= 0.6 is 11.3 Å². The second kappa shape index (κ2) is 6.87. The summed E-state index contributed by atoms with van der Waals surface area (Å²) in [5.74, 6) is -0.321. The number of methoxy groups -OCH3 is 1. The number of carbonyl (C=O) groups is 1. The first kappa shape index (κ1) is 16.4. The Morgan fingerprint density at radius 2 is 2.33 bits per heavy atom. The van der Waals surface area contributed by atoms with Gasteiger partial charge in [0.15, 0.2) is 0 Å². The van der Waals surface area contributed by atoms with Crippen LogP contribution in [-0.4, -0.2) is 45.4 Å². The highest BCUT2D eigenvalue weighted by Gasteiger charge is 2.33. The van der Waals surface area contributed by atoms with Crippen LogP contribution in [0.25, 0.3) is 0 Å². The Kier molecular flexibility index (Phi) is 5.37. The van der Waals surface area contributed by atoms with E-state index in [1.165, 1.54) is 17.5 Å². The zero-order valence-electron chi connectivity index (χ0n) is 11.9. The highest BCUT2D eigenvalue weighted by atomic mass is 32.2. The molecule has 6 nitrogen and oxygen atoms in total. The summed E-state index contributed by atoms with van der Waals surface area (Å²) in [5, 5.41) is 1.60. The van der Waals surface area contributed by atoms with Gasteiger partial charge < -0.3 is 10.5 Å². The number of nitrogens with two attached hydrogens (primary N) is 1. The van der Waals surface area contributed by atoms with Gasteiger partial charge >= 0.3 is 5.97 Å². The number of hydrogen-bond acceptors (Lipinski definition) is 6. The van der Waals surface area contributed by atoms with Crippen LogP contribution in [0, 0.1) is 5.92 Å². The molecule has 1 fully saturated rings. The molecule has 0 aromatic carbocycles. The zero-order chi connectivity index (χ0) is 15.5. The van der Waals surface area contributed by atoms with E-state index >= 15 is 0 Å². The summed E-state index contributed by atoms with van der Waals surface area (Å²) in [6.45, 7) is 1.51. The number of ether oxygens (including phenoxy) is 1. The van der Waals surface area contributed by atoms with Crippen molar-refractivity contribution in [3.63, 3.8) is 0 Å². The Balaban J connectivity index is 2.26. The van der Waals surface area contributed by atoms with Gasteiger partial charge in [-0.3, -0.25) is 0 Å². The van der Waals surface area contributed by atoms with Crippen LogP contribution in [0.3, 0.4) is 0 Å². The van der Waals surface area contributed by atoms with Crippen LogP contribution in [-0.2, 0) is 14.8 Å². The van der Waals surface area contributed by atoms with Gasteiger partial charge in [0.05, 0.1) is 7.11 Å². The fraction of sp³-hybridized carbons (Fsp3) is 0.615. The van der Waals surface area contributed by atoms with Crippen molar-refractivity contribution in [1.82, 2.24) is 4.31 Å². The van der Waals surface area contributed by atoms with Crippen molar-refractivity contribution in [3.8, 4) is 0 Å². The van der Waals surface area contributed by atoms with Crippen molar-refractivity contribution in [3.05, 3.63) is 16.3 Å². The first-order valence-corrected chi connectivity index (χ1v) is 9.18. The molecule has 1 saturated heterocycles. The number of hydrogen-bond donors (Lipinski definition) is 1. The molecule has 0 saturated carbocycles. The number of carbonyl (C=O) groups excluding carboxylic acids is 1. The Bertz CT molecular complexity index is 595. The zero-order valence-corrected chi connectivity index (χ0v) is 13.6. The molecule has 0 amide bonds. The highest BCUT2D eigenvalue weighted by Crippen LogP contribution is 2.29. The molecule has 2 N–H and O–H groups in total. The quantitative estimate of drug-likeness (QED) is 0.821. The number of thiophene rings is 1. The third-order valence-electron chi connectivity index (χ3n) is 3.67. The van der Waals surface area contributed by atoms with E-state index in [0.29, 0.717) is 25.6 Å². The van der Waals surface area contributed by atoms with E-state index < -0.39 is 16.0 Å². The topological polar surface area (TPSA) is 89.7 Å². The second-order valence-corrected chi connectivity index (χ2v) is 7.88. The Morgan fingerprint density at radius 3 is 3.00 bits per heavy atom. The van der Waals surface area contributed by atoms with E-state index in [0.717, 1.165) is 30.6 Å². The number of rotatable bonds is 5. The third-order valence-corrected chi connectivity index (χ3v) is 6.61. The Hall–Kier alpha value is -0.960. The predicted molar refractivity (Wildman–Crippen MR) is 80.8 cm³/mol. The summed E-state index contributed by atoms with van der Waals surface area (Å²) in [6.07, 6.45) is 2.64. The maximum Gasteiger partial charge on any atom is 0.349 e. The van der Waals surface area contributed by atoms with Crippen molar-refractivity contribution >= 4 is 27.3 Å². The van der Waals surface area contributed by atoms with Gasteiger partial charge in [-0.25, -0.2) is 13.2 Å². The van der Waals surface area contributed by atoms with E-state index in [2.05, 4.69) is 4.74 Å². The number of piperidine rings is 1.